The highest BCUT2D eigenvalue weighted by Gasteiger charge is 2.15. The summed E-state index contributed by atoms with van der Waals surface area (Å²) in [4.78, 5) is 16.3. The van der Waals surface area contributed by atoms with E-state index in [1.165, 1.54) is 30.5 Å². The molecule has 2 rings (SSSR count). The van der Waals surface area contributed by atoms with Gasteiger partial charge in [0.05, 0.1) is 0 Å². The van der Waals surface area contributed by atoms with Crippen molar-refractivity contribution in [3.05, 3.63) is 29.6 Å². The lowest BCUT2D eigenvalue weighted by atomic mass is 10.0. The second-order valence-corrected chi connectivity index (χ2v) is 6.23. The third-order valence-corrected chi connectivity index (χ3v) is 4.46. The maximum atomic E-state index is 11.9. The third-order valence-electron chi connectivity index (χ3n) is 3.17. The van der Waals surface area contributed by atoms with Crippen LogP contribution in [0.5, 0.6) is 0 Å². The van der Waals surface area contributed by atoms with E-state index in [-0.39, 0.29) is 5.91 Å². The Morgan fingerprint density at radius 2 is 2.21 bits per heavy atom. The summed E-state index contributed by atoms with van der Waals surface area (Å²) < 4.78 is 0. The van der Waals surface area contributed by atoms with Gasteiger partial charge < -0.3 is 11.1 Å². The largest absolute Gasteiger partial charge is 0.389 e. The molecule has 1 amide bonds. The lowest BCUT2D eigenvalue weighted by Gasteiger charge is -2.21. The molecule has 1 aromatic heterocycles. The molecule has 1 fully saturated rings. The van der Waals surface area contributed by atoms with Crippen LogP contribution in [-0.4, -0.2) is 33.9 Å². The smallest absolute Gasteiger partial charge is 0.269 e. The van der Waals surface area contributed by atoms with E-state index < -0.39 is 0 Å². The van der Waals surface area contributed by atoms with Gasteiger partial charge in [0.15, 0.2) is 0 Å². The Hall–Kier alpha value is -1.14. The first-order valence-corrected chi connectivity index (χ1v) is 7.85. The van der Waals surface area contributed by atoms with Gasteiger partial charge in [0.25, 0.3) is 5.91 Å². The van der Waals surface area contributed by atoms with Crippen LogP contribution in [0.4, 0.5) is 0 Å². The number of amides is 1. The first-order valence-electron chi connectivity index (χ1n) is 6.28. The Morgan fingerprint density at radius 1 is 1.47 bits per heavy atom. The highest BCUT2D eigenvalue weighted by Crippen LogP contribution is 2.21. The number of thioether (sulfide) groups is 1. The SMILES string of the molecule is NC(=S)c1ccc(C(=O)NCC2CCSCC2)nc1. The van der Waals surface area contributed by atoms with E-state index >= 15 is 0 Å². The number of nitrogens with two attached hydrogens (primary N) is 1. The van der Waals surface area contributed by atoms with Crippen molar-refractivity contribution in [1.82, 2.24) is 10.3 Å². The molecule has 0 unspecified atom stereocenters. The van der Waals surface area contributed by atoms with Gasteiger partial charge in [0.1, 0.15) is 10.7 Å². The summed E-state index contributed by atoms with van der Waals surface area (Å²) in [7, 11) is 0. The average molecular weight is 295 g/mol. The minimum Gasteiger partial charge on any atom is -0.389 e. The fourth-order valence-electron chi connectivity index (χ4n) is 1.95. The van der Waals surface area contributed by atoms with Gasteiger partial charge in [-0.2, -0.15) is 11.8 Å². The molecule has 6 heteroatoms. The predicted octanol–water partition coefficient (Wildman–Crippen LogP) is 1.59. The van der Waals surface area contributed by atoms with Gasteiger partial charge in [0, 0.05) is 18.3 Å². The number of nitrogens with one attached hydrogen (secondary N) is 1. The van der Waals surface area contributed by atoms with Crippen LogP contribution >= 0.6 is 24.0 Å². The Labute approximate surface area is 122 Å². The molecule has 0 aromatic carbocycles. The maximum Gasteiger partial charge on any atom is 0.269 e. The van der Waals surface area contributed by atoms with Crippen LogP contribution in [0.2, 0.25) is 0 Å². The monoisotopic (exact) mass is 295 g/mol. The summed E-state index contributed by atoms with van der Waals surface area (Å²) in [5.41, 5.74) is 6.57. The number of hydrogen-bond donors (Lipinski definition) is 2. The number of hydrogen-bond acceptors (Lipinski definition) is 4. The molecular weight excluding hydrogens is 278 g/mol. The fourth-order valence-corrected chi connectivity index (χ4v) is 3.28. The molecule has 0 atom stereocenters. The van der Waals surface area contributed by atoms with Crippen molar-refractivity contribution in [2.45, 2.75) is 12.8 Å². The average Bonchev–Trinajstić information content (AvgIpc) is 2.46. The number of carbonyl (C=O) groups is 1. The number of nitrogens with zero attached hydrogens (tertiary/aromatic N) is 1. The van der Waals surface area contributed by atoms with Crippen LogP contribution in [0.15, 0.2) is 18.3 Å². The van der Waals surface area contributed by atoms with Gasteiger partial charge >= 0.3 is 0 Å². The van der Waals surface area contributed by atoms with E-state index in [1.54, 1.807) is 12.1 Å². The highest BCUT2D eigenvalue weighted by molar-refractivity contribution is 7.99. The minimum atomic E-state index is -0.132. The number of rotatable bonds is 4. The van der Waals surface area contributed by atoms with Crippen LogP contribution < -0.4 is 11.1 Å². The van der Waals surface area contributed by atoms with Gasteiger partial charge in [-0.15, -0.1) is 0 Å². The summed E-state index contributed by atoms with van der Waals surface area (Å²) in [6.45, 7) is 0.734. The molecule has 3 N–H and O–H groups in total. The molecule has 102 valence electrons. The molecule has 1 aliphatic rings. The Morgan fingerprint density at radius 3 is 2.79 bits per heavy atom. The Kier molecular flexibility index (Phi) is 5.15. The summed E-state index contributed by atoms with van der Waals surface area (Å²) in [6.07, 6.45) is 3.89. The summed E-state index contributed by atoms with van der Waals surface area (Å²) in [6, 6.07) is 3.38. The fraction of sp³-hybridized carbons (Fsp3) is 0.462. The van der Waals surface area contributed by atoms with E-state index in [1.807, 2.05) is 11.8 Å². The maximum absolute atomic E-state index is 11.9. The second kappa shape index (κ2) is 6.86. The molecule has 0 aliphatic carbocycles. The predicted molar refractivity (Wildman–Crippen MR) is 82.5 cm³/mol. The topological polar surface area (TPSA) is 68.0 Å². The summed E-state index contributed by atoms with van der Waals surface area (Å²) in [5.74, 6) is 2.86. The van der Waals surface area contributed by atoms with Crippen LogP contribution in [0.3, 0.4) is 0 Å². The van der Waals surface area contributed by atoms with Crippen molar-refractivity contribution in [1.29, 1.82) is 0 Å². The number of thiocarbonyl (C=S) groups is 1. The summed E-state index contributed by atoms with van der Waals surface area (Å²) >= 11 is 6.83. The Bertz CT molecular complexity index is 455. The van der Waals surface area contributed by atoms with E-state index in [4.69, 9.17) is 18.0 Å². The Balaban J connectivity index is 1.86. The molecule has 2 heterocycles. The van der Waals surface area contributed by atoms with Crippen LogP contribution in [0, 0.1) is 5.92 Å². The minimum absolute atomic E-state index is 0.132. The van der Waals surface area contributed by atoms with Crippen LogP contribution in [-0.2, 0) is 0 Å². The van der Waals surface area contributed by atoms with E-state index in [9.17, 15) is 4.79 Å². The zero-order valence-electron chi connectivity index (χ0n) is 10.6. The summed E-state index contributed by atoms with van der Waals surface area (Å²) in [5, 5.41) is 2.94. The molecule has 1 aromatic rings. The van der Waals surface area contributed by atoms with Crippen molar-refractivity contribution in [2.75, 3.05) is 18.1 Å². The number of pyridine rings is 1. The van der Waals surface area contributed by atoms with E-state index in [0.717, 1.165) is 6.54 Å². The zero-order chi connectivity index (χ0) is 13.7. The molecule has 0 radical (unpaired) electrons. The van der Waals surface area contributed by atoms with E-state index in [0.29, 0.717) is 22.2 Å². The normalized spacial score (nSPS) is 16.0. The molecular formula is C13H17N3OS2. The molecule has 1 saturated heterocycles. The third kappa shape index (κ3) is 4.18. The van der Waals surface area contributed by atoms with Crippen molar-refractivity contribution >= 4 is 34.9 Å². The van der Waals surface area contributed by atoms with Gasteiger partial charge in [-0.25, -0.2) is 0 Å². The molecule has 4 nitrogen and oxygen atoms in total. The van der Waals surface area contributed by atoms with Crippen LogP contribution in [0.1, 0.15) is 28.9 Å². The molecule has 0 saturated carbocycles. The molecule has 0 spiro atoms. The molecule has 19 heavy (non-hydrogen) atoms. The molecule has 1 aliphatic heterocycles. The zero-order valence-corrected chi connectivity index (χ0v) is 12.2. The van der Waals surface area contributed by atoms with Crippen molar-refractivity contribution in [3.63, 3.8) is 0 Å². The van der Waals surface area contributed by atoms with Crippen molar-refractivity contribution in [3.8, 4) is 0 Å². The first-order chi connectivity index (χ1) is 9.16. The van der Waals surface area contributed by atoms with Gasteiger partial charge in [-0.05, 0) is 42.4 Å². The standard InChI is InChI=1S/C13H17N3OS2/c14-12(18)10-1-2-11(15-8-10)13(17)16-7-9-3-5-19-6-4-9/h1-2,8-9H,3-7H2,(H2,14,18)(H,16,17). The van der Waals surface area contributed by atoms with Crippen LogP contribution in [0.25, 0.3) is 0 Å². The van der Waals surface area contributed by atoms with Crippen molar-refractivity contribution < 1.29 is 4.79 Å². The van der Waals surface area contributed by atoms with Crippen molar-refractivity contribution in [2.24, 2.45) is 11.7 Å². The molecule has 0 bridgehead atoms. The number of aromatic nitrogens is 1. The van der Waals surface area contributed by atoms with Gasteiger partial charge in [-0.3, -0.25) is 9.78 Å². The lowest BCUT2D eigenvalue weighted by molar-refractivity contribution is 0.0941. The van der Waals surface area contributed by atoms with E-state index in [2.05, 4.69) is 10.3 Å². The highest BCUT2D eigenvalue weighted by atomic mass is 32.2. The van der Waals surface area contributed by atoms with Gasteiger partial charge in [-0.1, -0.05) is 12.2 Å². The lowest BCUT2D eigenvalue weighted by Crippen LogP contribution is -2.31. The quantitative estimate of drug-likeness (QED) is 0.826. The number of carbonyl (C=O) groups excluding carboxylic acids is 1. The van der Waals surface area contributed by atoms with Gasteiger partial charge in [0.2, 0.25) is 0 Å². The second-order valence-electron chi connectivity index (χ2n) is 4.56. The first kappa shape index (κ1) is 14.3.